The van der Waals surface area contributed by atoms with Gasteiger partial charge in [-0.25, -0.2) is 12.8 Å². The van der Waals surface area contributed by atoms with Gasteiger partial charge in [0.25, 0.3) is 5.91 Å². The van der Waals surface area contributed by atoms with Crippen LogP contribution >= 0.6 is 0 Å². The molecule has 1 aromatic carbocycles. The van der Waals surface area contributed by atoms with Crippen molar-refractivity contribution in [3.05, 3.63) is 24.3 Å². The average Bonchev–Trinajstić information content (AvgIpc) is 2.51. The van der Waals surface area contributed by atoms with Crippen molar-refractivity contribution in [2.24, 2.45) is 5.92 Å². The van der Waals surface area contributed by atoms with E-state index in [1.807, 2.05) is 0 Å². The highest BCUT2D eigenvalue weighted by atomic mass is 32.2. The van der Waals surface area contributed by atoms with Crippen LogP contribution in [0.3, 0.4) is 0 Å². The van der Waals surface area contributed by atoms with E-state index in [1.165, 1.54) is 47.6 Å². The first-order valence-corrected chi connectivity index (χ1v) is 8.94. The number of carbonyl (C=O) groups excluding carboxylic acids is 1. The summed E-state index contributed by atoms with van der Waals surface area (Å²) in [5, 5.41) is 0. The second-order valence-corrected chi connectivity index (χ2v) is 8.15. The Bertz CT molecular complexity index is 642. The zero-order valence-corrected chi connectivity index (χ0v) is 15.3. The lowest BCUT2D eigenvalue weighted by Gasteiger charge is -2.23. The molecule has 5 nitrogen and oxygen atoms in total. The second-order valence-electron chi connectivity index (χ2n) is 6.15. The van der Waals surface area contributed by atoms with Gasteiger partial charge in [0.2, 0.25) is 10.0 Å². The van der Waals surface area contributed by atoms with E-state index in [4.69, 9.17) is 0 Å². The maximum absolute atomic E-state index is 13.8. The van der Waals surface area contributed by atoms with Gasteiger partial charge in [-0.15, -0.1) is 0 Å². The van der Waals surface area contributed by atoms with Gasteiger partial charge in [-0.3, -0.25) is 4.79 Å². The summed E-state index contributed by atoms with van der Waals surface area (Å²) in [6.07, 6.45) is -1.59. The molecule has 0 aliphatic heterocycles. The summed E-state index contributed by atoms with van der Waals surface area (Å²) in [5.41, 5.74) is 0.449. The Hall–Kier alpha value is -1.47. The molecule has 0 N–H and O–H groups in total. The molecule has 1 aromatic rings. The van der Waals surface area contributed by atoms with Crippen molar-refractivity contribution in [2.75, 3.05) is 19.0 Å². The highest BCUT2D eigenvalue weighted by Crippen LogP contribution is 2.22. The van der Waals surface area contributed by atoms with E-state index in [1.54, 1.807) is 27.7 Å². The second kappa shape index (κ2) is 7.40. The van der Waals surface area contributed by atoms with E-state index < -0.39 is 28.0 Å². The quantitative estimate of drug-likeness (QED) is 0.797. The summed E-state index contributed by atoms with van der Waals surface area (Å²) >= 11 is 0. The molecular formula is C16H25FN2O3S. The third-order valence-electron chi connectivity index (χ3n) is 3.78. The fraction of sp³-hybridized carbons (Fsp3) is 0.562. The summed E-state index contributed by atoms with van der Waals surface area (Å²) in [7, 11) is -0.588. The largest absolute Gasteiger partial charge is 0.313 e. The zero-order chi connectivity index (χ0) is 17.9. The van der Waals surface area contributed by atoms with Crippen LogP contribution in [0.4, 0.5) is 10.1 Å². The first kappa shape index (κ1) is 19.6. The minimum Gasteiger partial charge on any atom is -0.313 e. The van der Waals surface area contributed by atoms with Gasteiger partial charge in [0.1, 0.15) is 0 Å². The molecule has 0 heterocycles. The summed E-state index contributed by atoms with van der Waals surface area (Å²) < 4.78 is 39.8. The Morgan fingerprint density at radius 2 is 1.52 bits per heavy atom. The van der Waals surface area contributed by atoms with Crippen molar-refractivity contribution in [1.82, 2.24) is 4.31 Å². The van der Waals surface area contributed by atoms with Gasteiger partial charge in [0.15, 0.2) is 6.17 Å². The van der Waals surface area contributed by atoms with Crippen LogP contribution in [0.1, 0.15) is 27.7 Å². The lowest BCUT2D eigenvalue weighted by Crippen LogP contribution is -2.36. The fourth-order valence-corrected chi connectivity index (χ4v) is 3.25. The van der Waals surface area contributed by atoms with Gasteiger partial charge in [0, 0.05) is 25.8 Å². The molecule has 7 heteroatoms. The van der Waals surface area contributed by atoms with Crippen molar-refractivity contribution in [3.63, 3.8) is 0 Å². The van der Waals surface area contributed by atoms with Crippen molar-refractivity contribution in [1.29, 1.82) is 0 Å². The normalized spacial score (nSPS) is 13.7. The van der Waals surface area contributed by atoms with Crippen molar-refractivity contribution in [2.45, 2.75) is 44.8 Å². The third kappa shape index (κ3) is 4.29. The van der Waals surface area contributed by atoms with E-state index in [0.29, 0.717) is 5.69 Å². The lowest BCUT2D eigenvalue weighted by atomic mass is 10.1. The molecule has 1 rings (SSSR count). The van der Waals surface area contributed by atoms with Gasteiger partial charge >= 0.3 is 0 Å². The molecule has 0 bridgehead atoms. The van der Waals surface area contributed by atoms with E-state index in [0.717, 1.165) is 0 Å². The molecule has 0 spiro atoms. The molecule has 0 aliphatic carbocycles. The van der Waals surface area contributed by atoms with E-state index in [9.17, 15) is 17.6 Å². The number of hydrogen-bond donors (Lipinski definition) is 0. The number of alkyl halides is 1. The highest BCUT2D eigenvalue weighted by Gasteiger charge is 2.26. The van der Waals surface area contributed by atoms with Gasteiger partial charge < -0.3 is 4.90 Å². The predicted molar refractivity (Wildman–Crippen MR) is 89.7 cm³/mol. The maximum atomic E-state index is 13.8. The van der Waals surface area contributed by atoms with Gasteiger partial charge in [-0.1, -0.05) is 13.8 Å². The minimum absolute atomic E-state index is 0.138. The molecular weight excluding hydrogens is 319 g/mol. The van der Waals surface area contributed by atoms with E-state index in [2.05, 4.69) is 0 Å². The van der Waals surface area contributed by atoms with Crippen LogP contribution in [-0.2, 0) is 14.8 Å². The predicted octanol–water partition coefficient (Wildman–Crippen LogP) is 2.67. The first-order valence-electron chi connectivity index (χ1n) is 7.49. The Morgan fingerprint density at radius 1 is 1.04 bits per heavy atom. The number of halogens is 1. The Morgan fingerprint density at radius 3 is 1.91 bits per heavy atom. The number of amides is 1. The van der Waals surface area contributed by atoms with Crippen LogP contribution in [-0.4, -0.2) is 44.9 Å². The molecule has 0 aromatic heterocycles. The number of rotatable bonds is 6. The Balaban J connectivity index is 3.03. The van der Waals surface area contributed by atoms with E-state index >= 15 is 0 Å². The van der Waals surface area contributed by atoms with Gasteiger partial charge in [-0.05, 0) is 44.0 Å². The molecule has 0 saturated heterocycles. The summed E-state index contributed by atoms with van der Waals surface area (Å²) in [5.74, 6) is -1.06. The highest BCUT2D eigenvalue weighted by molar-refractivity contribution is 7.89. The standard InChI is InChI=1S/C16H25FN2O3S/c1-11(2)15(17)16(20)18(5)13-7-9-14(10-8-13)23(21,22)19(6)12(3)4/h7-12,15H,1-6H3. The molecule has 0 radical (unpaired) electrons. The van der Waals surface area contributed by atoms with E-state index in [-0.39, 0.29) is 10.9 Å². The van der Waals surface area contributed by atoms with Crippen LogP contribution in [0.25, 0.3) is 0 Å². The molecule has 0 fully saturated rings. The number of anilines is 1. The lowest BCUT2D eigenvalue weighted by molar-refractivity contribution is -0.124. The number of sulfonamides is 1. The molecule has 130 valence electrons. The third-order valence-corrected chi connectivity index (χ3v) is 5.83. The van der Waals surface area contributed by atoms with Gasteiger partial charge in [-0.2, -0.15) is 4.31 Å². The molecule has 1 amide bonds. The SMILES string of the molecule is CC(C)C(F)C(=O)N(C)c1ccc(S(=O)(=O)N(C)C(C)C)cc1. The number of nitrogens with zero attached hydrogens (tertiary/aromatic N) is 2. The molecule has 0 aliphatic rings. The van der Waals surface area contributed by atoms with Crippen LogP contribution in [0.5, 0.6) is 0 Å². The first-order chi connectivity index (χ1) is 10.5. The molecule has 1 unspecified atom stereocenters. The van der Waals surface area contributed by atoms with Crippen molar-refractivity contribution >= 4 is 21.6 Å². The van der Waals surface area contributed by atoms with Crippen molar-refractivity contribution < 1.29 is 17.6 Å². The molecule has 23 heavy (non-hydrogen) atoms. The van der Waals surface area contributed by atoms with Crippen LogP contribution < -0.4 is 4.90 Å². The fourth-order valence-electron chi connectivity index (χ4n) is 1.88. The van der Waals surface area contributed by atoms with Gasteiger partial charge in [0.05, 0.1) is 4.90 Å². The van der Waals surface area contributed by atoms with Crippen LogP contribution in [0.15, 0.2) is 29.2 Å². The summed E-state index contributed by atoms with van der Waals surface area (Å²) in [4.78, 5) is 13.3. The monoisotopic (exact) mass is 344 g/mol. The number of benzene rings is 1. The number of carbonyl (C=O) groups is 1. The minimum atomic E-state index is -3.57. The van der Waals surface area contributed by atoms with Crippen LogP contribution in [0, 0.1) is 5.92 Å². The smallest absolute Gasteiger partial charge is 0.261 e. The van der Waals surface area contributed by atoms with Crippen LogP contribution in [0.2, 0.25) is 0 Å². The number of hydrogen-bond acceptors (Lipinski definition) is 3. The zero-order valence-electron chi connectivity index (χ0n) is 14.4. The Kier molecular flexibility index (Phi) is 6.30. The average molecular weight is 344 g/mol. The topological polar surface area (TPSA) is 57.7 Å². The van der Waals surface area contributed by atoms with Crippen molar-refractivity contribution in [3.8, 4) is 0 Å². The summed E-state index contributed by atoms with van der Waals surface area (Å²) in [6.45, 7) is 6.83. The molecule has 0 saturated carbocycles. The molecule has 1 atom stereocenters. The maximum Gasteiger partial charge on any atom is 0.261 e. The Labute approximate surface area is 138 Å². The summed E-state index contributed by atoms with van der Waals surface area (Å²) in [6, 6.07) is 5.70.